The molecule has 27 heavy (non-hydrogen) atoms. The van der Waals surface area contributed by atoms with Crippen LogP contribution in [0.15, 0.2) is 42.5 Å². The number of methoxy groups -OCH3 is 2. The second-order valence-electron chi connectivity index (χ2n) is 5.17. The summed E-state index contributed by atoms with van der Waals surface area (Å²) in [6.07, 6.45) is 0. The molecule has 0 aliphatic carbocycles. The molecule has 10 heteroatoms. The number of carbonyl (C=O) groups is 3. The van der Waals surface area contributed by atoms with E-state index < -0.39 is 22.9 Å². The number of hydrogen-bond acceptors (Lipinski definition) is 7. The van der Waals surface area contributed by atoms with Gasteiger partial charge in [-0.3, -0.25) is 10.1 Å². The van der Waals surface area contributed by atoms with Crippen molar-refractivity contribution in [2.45, 2.75) is 0 Å². The van der Waals surface area contributed by atoms with Crippen molar-refractivity contribution in [1.82, 2.24) is 0 Å². The van der Waals surface area contributed by atoms with Crippen molar-refractivity contribution in [3.8, 4) is 0 Å². The van der Waals surface area contributed by atoms with E-state index in [-0.39, 0.29) is 22.5 Å². The minimum absolute atomic E-state index is 0.0473. The predicted molar refractivity (Wildman–Crippen MR) is 94.9 cm³/mol. The number of nitro benzene ring substituents is 1. The normalized spacial score (nSPS) is 9.85. The first kappa shape index (κ1) is 19.4. The van der Waals surface area contributed by atoms with Gasteiger partial charge in [0.25, 0.3) is 5.69 Å². The quantitative estimate of drug-likeness (QED) is 0.467. The van der Waals surface area contributed by atoms with E-state index in [0.29, 0.717) is 5.69 Å². The lowest BCUT2D eigenvalue weighted by Gasteiger charge is -2.10. The monoisotopic (exact) mass is 373 g/mol. The number of benzene rings is 2. The summed E-state index contributed by atoms with van der Waals surface area (Å²) in [4.78, 5) is 45.7. The lowest BCUT2D eigenvalue weighted by molar-refractivity contribution is -0.384. The third kappa shape index (κ3) is 5.01. The molecule has 0 radical (unpaired) electrons. The van der Waals surface area contributed by atoms with Gasteiger partial charge < -0.3 is 20.1 Å². The number of nitrogens with zero attached hydrogens (tertiary/aromatic N) is 1. The van der Waals surface area contributed by atoms with Gasteiger partial charge in [-0.25, -0.2) is 14.4 Å². The molecule has 0 aliphatic rings. The lowest BCUT2D eigenvalue weighted by Crippen LogP contribution is -2.20. The fourth-order valence-corrected chi connectivity index (χ4v) is 2.13. The highest BCUT2D eigenvalue weighted by molar-refractivity contribution is 6.02. The van der Waals surface area contributed by atoms with Crippen LogP contribution in [-0.2, 0) is 9.47 Å². The van der Waals surface area contributed by atoms with Crippen molar-refractivity contribution in [2.24, 2.45) is 0 Å². The number of rotatable bonds is 5. The minimum atomic E-state index is -0.695. The maximum absolute atomic E-state index is 12.1. The summed E-state index contributed by atoms with van der Waals surface area (Å²) < 4.78 is 9.23. The number of amides is 2. The summed E-state index contributed by atoms with van der Waals surface area (Å²) in [7, 11) is 2.36. The number of urea groups is 1. The molecule has 0 saturated heterocycles. The largest absolute Gasteiger partial charge is 0.465 e. The Morgan fingerprint density at radius 1 is 0.852 bits per heavy atom. The summed E-state index contributed by atoms with van der Waals surface area (Å²) in [6.45, 7) is 0. The van der Waals surface area contributed by atoms with Crippen LogP contribution < -0.4 is 10.6 Å². The Labute approximate surface area is 153 Å². The summed E-state index contributed by atoms with van der Waals surface area (Å²) in [5, 5.41) is 15.6. The van der Waals surface area contributed by atoms with E-state index in [1.807, 2.05) is 0 Å². The Morgan fingerprint density at radius 2 is 1.33 bits per heavy atom. The van der Waals surface area contributed by atoms with Crippen molar-refractivity contribution < 1.29 is 28.8 Å². The van der Waals surface area contributed by atoms with E-state index in [2.05, 4.69) is 20.1 Å². The molecule has 2 N–H and O–H groups in total. The van der Waals surface area contributed by atoms with Gasteiger partial charge in [0.15, 0.2) is 0 Å². The second-order valence-corrected chi connectivity index (χ2v) is 5.17. The van der Waals surface area contributed by atoms with Crippen LogP contribution in [0.1, 0.15) is 20.7 Å². The number of nitro groups is 1. The standard InChI is InChI=1S/C17H15N3O7/c1-26-15(21)10-7-11(16(22)27-2)9-13(8-10)19-17(23)18-12-3-5-14(6-4-12)20(24)25/h3-9H,1-2H3,(H2,18,19,23). The molecule has 140 valence electrons. The molecule has 0 fully saturated rings. The first-order valence-corrected chi connectivity index (χ1v) is 7.48. The molecule has 0 spiro atoms. The van der Waals surface area contributed by atoms with E-state index in [0.717, 1.165) is 0 Å². The Hall–Kier alpha value is -3.95. The Kier molecular flexibility index (Phi) is 6.05. The highest BCUT2D eigenvalue weighted by Crippen LogP contribution is 2.19. The third-order valence-electron chi connectivity index (χ3n) is 3.37. The van der Waals surface area contributed by atoms with E-state index in [4.69, 9.17) is 0 Å². The molecular weight excluding hydrogens is 358 g/mol. The van der Waals surface area contributed by atoms with Gasteiger partial charge >= 0.3 is 18.0 Å². The van der Waals surface area contributed by atoms with Crippen molar-refractivity contribution in [1.29, 1.82) is 0 Å². The average molecular weight is 373 g/mol. The fourth-order valence-electron chi connectivity index (χ4n) is 2.13. The van der Waals surface area contributed by atoms with Gasteiger partial charge in [-0.1, -0.05) is 0 Å². The zero-order valence-corrected chi connectivity index (χ0v) is 14.3. The first-order valence-electron chi connectivity index (χ1n) is 7.48. The summed E-state index contributed by atoms with van der Waals surface area (Å²) in [5.74, 6) is -1.39. The molecular formula is C17H15N3O7. The highest BCUT2D eigenvalue weighted by atomic mass is 16.6. The molecule has 2 aromatic rings. The maximum Gasteiger partial charge on any atom is 0.337 e. The van der Waals surface area contributed by atoms with Crippen molar-refractivity contribution in [2.75, 3.05) is 24.9 Å². The topological polar surface area (TPSA) is 137 Å². The van der Waals surface area contributed by atoms with Gasteiger partial charge in [0.05, 0.1) is 30.3 Å². The van der Waals surface area contributed by atoms with E-state index in [1.54, 1.807) is 0 Å². The van der Waals surface area contributed by atoms with Crippen LogP contribution in [0.5, 0.6) is 0 Å². The molecule has 2 rings (SSSR count). The number of non-ortho nitro benzene ring substituents is 1. The van der Waals surface area contributed by atoms with Gasteiger partial charge in [-0.2, -0.15) is 0 Å². The van der Waals surface area contributed by atoms with Crippen molar-refractivity contribution in [3.63, 3.8) is 0 Å². The van der Waals surface area contributed by atoms with E-state index >= 15 is 0 Å². The van der Waals surface area contributed by atoms with E-state index in [9.17, 15) is 24.5 Å². The smallest absolute Gasteiger partial charge is 0.337 e. The number of carbonyl (C=O) groups excluding carboxylic acids is 3. The molecule has 2 amide bonds. The van der Waals surface area contributed by atoms with Crippen LogP contribution >= 0.6 is 0 Å². The Bertz CT molecular complexity index is 860. The number of hydrogen-bond donors (Lipinski definition) is 2. The number of esters is 2. The van der Waals surface area contributed by atoms with Gasteiger partial charge in [0.1, 0.15) is 0 Å². The predicted octanol–water partition coefficient (Wildman–Crippen LogP) is 2.81. The number of ether oxygens (including phenoxy) is 2. The molecule has 0 aliphatic heterocycles. The van der Waals surface area contributed by atoms with Gasteiger partial charge in [-0.05, 0) is 30.3 Å². The summed E-state index contributed by atoms with van der Waals surface area (Å²) >= 11 is 0. The summed E-state index contributed by atoms with van der Waals surface area (Å²) in [6, 6.07) is 8.46. The maximum atomic E-state index is 12.1. The molecule has 10 nitrogen and oxygen atoms in total. The SMILES string of the molecule is COC(=O)c1cc(NC(=O)Nc2ccc([N+](=O)[O-])cc2)cc(C(=O)OC)c1. The number of nitrogens with one attached hydrogen (secondary N) is 2. The summed E-state index contributed by atoms with van der Waals surface area (Å²) in [5.41, 5.74) is 0.444. The van der Waals surface area contributed by atoms with Gasteiger partial charge in [-0.15, -0.1) is 0 Å². The van der Waals surface area contributed by atoms with Crippen LogP contribution in [0.4, 0.5) is 21.9 Å². The molecule has 0 atom stereocenters. The molecule has 2 aromatic carbocycles. The zero-order valence-electron chi connectivity index (χ0n) is 14.3. The molecule has 0 unspecified atom stereocenters. The van der Waals surface area contributed by atoms with E-state index in [1.165, 1.54) is 56.7 Å². The van der Waals surface area contributed by atoms with Gasteiger partial charge in [0, 0.05) is 23.5 Å². The molecule has 0 heterocycles. The Morgan fingerprint density at radius 3 is 1.78 bits per heavy atom. The molecule has 0 saturated carbocycles. The second kappa shape index (κ2) is 8.43. The van der Waals surface area contributed by atoms with Crippen molar-refractivity contribution in [3.05, 3.63) is 63.7 Å². The Balaban J connectivity index is 2.19. The van der Waals surface area contributed by atoms with Crippen LogP contribution in [0, 0.1) is 10.1 Å². The lowest BCUT2D eigenvalue weighted by atomic mass is 10.1. The van der Waals surface area contributed by atoms with Crippen LogP contribution in [-0.4, -0.2) is 37.1 Å². The van der Waals surface area contributed by atoms with Gasteiger partial charge in [0.2, 0.25) is 0 Å². The average Bonchev–Trinajstić information content (AvgIpc) is 2.66. The number of anilines is 2. The minimum Gasteiger partial charge on any atom is -0.465 e. The van der Waals surface area contributed by atoms with Crippen LogP contribution in [0.25, 0.3) is 0 Å². The first-order chi connectivity index (χ1) is 12.8. The van der Waals surface area contributed by atoms with Crippen LogP contribution in [0.3, 0.4) is 0 Å². The highest BCUT2D eigenvalue weighted by Gasteiger charge is 2.15. The fraction of sp³-hybridized carbons (Fsp3) is 0.118. The molecule has 0 bridgehead atoms. The van der Waals surface area contributed by atoms with Crippen molar-refractivity contribution >= 4 is 35.0 Å². The molecule has 0 aromatic heterocycles. The third-order valence-corrected chi connectivity index (χ3v) is 3.37. The zero-order chi connectivity index (χ0) is 20.0. The van der Waals surface area contributed by atoms with Crippen LogP contribution in [0.2, 0.25) is 0 Å².